The van der Waals surface area contributed by atoms with Gasteiger partial charge in [0, 0.05) is 7.05 Å². The normalized spacial score (nSPS) is 24.7. The maximum absolute atomic E-state index is 13.2. The molecular weight excluding hydrogens is 165 g/mol. The summed E-state index contributed by atoms with van der Waals surface area (Å²) in [6.45, 7) is 1.93. The lowest BCUT2D eigenvalue weighted by atomic mass is 10.1. The minimum absolute atomic E-state index is 0.453. The summed E-state index contributed by atoms with van der Waals surface area (Å²) in [6.07, 6.45) is 3.15. The van der Waals surface area contributed by atoms with Crippen molar-refractivity contribution < 1.29 is 4.39 Å². The molecule has 1 aliphatic heterocycles. The van der Waals surface area contributed by atoms with Crippen molar-refractivity contribution in [2.45, 2.75) is 19.6 Å². The van der Waals surface area contributed by atoms with E-state index in [0.717, 1.165) is 12.0 Å². The van der Waals surface area contributed by atoms with E-state index < -0.39 is 6.30 Å². The largest absolute Gasteiger partial charge is 0.332 e. The SMILES string of the molecule is CCC1=CC=C(Cl)N(C)C1F. The first-order valence-corrected chi connectivity index (χ1v) is 3.97. The minimum Gasteiger partial charge on any atom is -0.332 e. The Morgan fingerprint density at radius 3 is 2.82 bits per heavy atom. The van der Waals surface area contributed by atoms with Crippen molar-refractivity contribution in [1.82, 2.24) is 4.90 Å². The lowest BCUT2D eigenvalue weighted by Crippen LogP contribution is -2.29. The summed E-state index contributed by atoms with van der Waals surface area (Å²) >= 11 is 5.69. The molecule has 1 unspecified atom stereocenters. The second-order valence-electron chi connectivity index (χ2n) is 2.53. The molecule has 0 aromatic carbocycles. The van der Waals surface area contributed by atoms with E-state index in [4.69, 9.17) is 11.6 Å². The molecule has 1 rings (SSSR count). The summed E-state index contributed by atoms with van der Waals surface area (Å²) in [5, 5.41) is 0.453. The molecule has 1 heterocycles. The Balaban J connectivity index is 2.84. The predicted molar refractivity (Wildman–Crippen MR) is 45.0 cm³/mol. The molecule has 0 spiro atoms. The van der Waals surface area contributed by atoms with Gasteiger partial charge in [0.1, 0.15) is 5.16 Å². The van der Waals surface area contributed by atoms with Gasteiger partial charge in [0.25, 0.3) is 0 Å². The first-order chi connectivity index (χ1) is 5.16. The van der Waals surface area contributed by atoms with Crippen LogP contribution >= 0.6 is 11.6 Å². The number of allylic oxidation sites excluding steroid dienone is 2. The third-order valence-electron chi connectivity index (χ3n) is 1.83. The van der Waals surface area contributed by atoms with E-state index >= 15 is 0 Å². The molecule has 1 aliphatic rings. The van der Waals surface area contributed by atoms with Crippen LogP contribution in [0.15, 0.2) is 22.9 Å². The number of rotatable bonds is 1. The lowest BCUT2D eigenvalue weighted by molar-refractivity contribution is 0.184. The fraction of sp³-hybridized carbons (Fsp3) is 0.500. The van der Waals surface area contributed by atoms with Crippen molar-refractivity contribution in [2.75, 3.05) is 7.05 Å². The van der Waals surface area contributed by atoms with Gasteiger partial charge < -0.3 is 4.90 Å². The molecule has 11 heavy (non-hydrogen) atoms. The molecule has 0 aromatic rings. The number of likely N-dealkylation sites (N-methyl/N-ethyl adjacent to an activating group) is 1. The van der Waals surface area contributed by atoms with Crippen molar-refractivity contribution in [1.29, 1.82) is 0 Å². The summed E-state index contributed by atoms with van der Waals surface area (Å²) in [6, 6.07) is 0. The smallest absolute Gasteiger partial charge is 0.195 e. The summed E-state index contributed by atoms with van der Waals surface area (Å²) in [5.41, 5.74) is 0.775. The number of nitrogens with zero attached hydrogens (tertiary/aromatic N) is 1. The molecule has 1 atom stereocenters. The highest BCUT2D eigenvalue weighted by molar-refractivity contribution is 6.29. The third kappa shape index (κ3) is 1.56. The molecule has 1 nitrogen and oxygen atoms in total. The highest BCUT2D eigenvalue weighted by Gasteiger charge is 2.20. The molecule has 0 saturated carbocycles. The van der Waals surface area contributed by atoms with Crippen molar-refractivity contribution in [3.63, 3.8) is 0 Å². The van der Waals surface area contributed by atoms with Crippen LogP contribution < -0.4 is 0 Å². The average Bonchev–Trinajstić information content (AvgIpc) is 2.01. The Kier molecular flexibility index (Phi) is 2.55. The molecular formula is C8H11ClFN. The van der Waals surface area contributed by atoms with Crippen LogP contribution in [-0.2, 0) is 0 Å². The molecule has 0 aliphatic carbocycles. The topological polar surface area (TPSA) is 3.24 Å². The van der Waals surface area contributed by atoms with Crippen LogP contribution in [0, 0.1) is 0 Å². The molecule has 0 N–H and O–H groups in total. The van der Waals surface area contributed by atoms with E-state index in [1.165, 1.54) is 4.90 Å². The molecule has 0 saturated heterocycles. The zero-order valence-electron chi connectivity index (χ0n) is 6.64. The van der Waals surface area contributed by atoms with E-state index in [0.29, 0.717) is 5.16 Å². The van der Waals surface area contributed by atoms with Crippen LogP contribution in [0.3, 0.4) is 0 Å². The number of halogens is 2. The van der Waals surface area contributed by atoms with Gasteiger partial charge in [-0.05, 0) is 18.1 Å². The van der Waals surface area contributed by atoms with Crippen LogP contribution in [-0.4, -0.2) is 18.2 Å². The second kappa shape index (κ2) is 3.26. The molecule has 0 bridgehead atoms. The lowest BCUT2D eigenvalue weighted by Gasteiger charge is -2.27. The van der Waals surface area contributed by atoms with Gasteiger partial charge >= 0.3 is 0 Å². The Morgan fingerprint density at radius 1 is 1.64 bits per heavy atom. The molecule has 0 radical (unpaired) electrons. The first kappa shape index (κ1) is 8.60. The highest BCUT2D eigenvalue weighted by atomic mass is 35.5. The van der Waals surface area contributed by atoms with Gasteiger partial charge in [0.2, 0.25) is 0 Å². The zero-order valence-corrected chi connectivity index (χ0v) is 7.40. The van der Waals surface area contributed by atoms with Crippen LogP contribution in [0.25, 0.3) is 0 Å². The van der Waals surface area contributed by atoms with Gasteiger partial charge in [-0.1, -0.05) is 24.6 Å². The zero-order chi connectivity index (χ0) is 8.43. The van der Waals surface area contributed by atoms with Gasteiger partial charge in [-0.3, -0.25) is 0 Å². The third-order valence-corrected chi connectivity index (χ3v) is 2.22. The van der Waals surface area contributed by atoms with Crippen LogP contribution in [0.4, 0.5) is 4.39 Å². The van der Waals surface area contributed by atoms with Gasteiger partial charge in [0.05, 0.1) is 0 Å². The van der Waals surface area contributed by atoms with E-state index in [1.807, 2.05) is 6.92 Å². The molecule has 62 valence electrons. The maximum Gasteiger partial charge on any atom is 0.195 e. The molecule has 3 heteroatoms. The molecule has 0 amide bonds. The van der Waals surface area contributed by atoms with Crippen LogP contribution in [0.5, 0.6) is 0 Å². The predicted octanol–water partition coefficient (Wildman–Crippen LogP) is 2.64. The number of alkyl halides is 1. The average molecular weight is 176 g/mol. The number of hydrogen-bond acceptors (Lipinski definition) is 1. The monoisotopic (exact) mass is 175 g/mol. The van der Waals surface area contributed by atoms with Gasteiger partial charge in [0.15, 0.2) is 6.30 Å². The van der Waals surface area contributed by atoms with Crippen molar-refractivity contribution in [3.8, 4) is 0 Å². The van der Waals surface area contributed by atoms with Crippen molar-refractivity contribution in [2.24, 2.45) is 0 Å². The standard InChI is InChI=1S/C8H11ClFN/c1-3-6-4-5-7(9)11(2)8(6)10/h4-5,8H,3H2,1-2H3. The van der Waals surface area contributed by atoms with E-state index in [1.54, 1.807) is 19.2 Å². The Bertz CT molecular complexity index is 210. The first-order valence-electron chi connectivity index (χ1n) is 3.60. The summed E-state index contributed by atoms with van der Waals surface area (Å²) < 4.78 is 13.2. The summed E-state index contributed by atoms with van der Waals surface area (Å²) in [5.74, 6) is 0. The minimum atomic E-state index is -1.04. The quantitative estimate of drug-likeness (QED) is 0.554. The van der Waals surface area contributed by atoms with Crippen LogP contribution in [0.1, 0.15) is 13.3 Å². The van der Waals surface area contributed by atoms with Gasteiger partial charge in [-0.2, -0.15) is 0 Å². The van der Waals surface area contributed by atoms with Crippen molar-refractivity contribution in [3.05, 3.63) is 22.9 Å². The van der Waals surface area contributed by atoms with Crippen LogP contribution in [0.2, 0.25) is 0 Å². The van der Waals surface area contributed by atoms with Crippen molar-refractivity contribution >= 4 is 11.6 Å². The van der Waals surface area contributed by atoms with E-state index in [9.17, 15) is 4.39 Å². The second-order valence-corrected chi connectivity index (χ2v) is 2.92. The maximum atomic E-state index is 13.2. The number of hydrogen-bond donors (Lipinski definition) is 0. The molecule has 0 fully saturated rings. The Labute approximate surface area is 71.1 Å². The highest BCUT2D eigenvalue weighted by Crippen LogP contribution is 2.24. The summed E-state index contributed by atoms with van der Waals surface area (Å²) in [4.78, 5) is 1.42. The summed E-state index contributed by atoms with van der Waals surface area (Å²) in [7, 11) is 1.64. The molecule has 0 aromatic heterocycles. The van der Waals surface area contributed by atoms with E-state index in [-0.39, 0.29) is 0 Å². The van der Waals surface area contributed by atoms with Gasteiger partial charge in [-0.25, -0.2) is 4.39 Å². The Morgan fingerprint density at radius 2 is 2.27 bits per heavy atom. The Hall–Kier alpha value is -0.500. The van der Waals surface area contributed by atoms with Gasteiger partial charge in [-0.15, -0.1) is 0 Å². The fourth-order valence-electron chi connectivity index (χ4n) is 1.02. The fourth-order valence-corrected chi connectivity index (χ4v) is 1.16. The van der Waals surface area contributed by atoms with E-state index in [2.05, 4.69) is 0 Å².